The summed E-state index contributed by atoms with van der Waals surface area (Å²) in [6, 6.07) is 26.7. The summed E-state index contributed by atoms with van der Waals surface area (Å²) in [5.74, 6) is -1.60. The molecule has 0 aromatic heterocycles. The van der Waals surface area contributed by atoms with Gasteiger partial charge in [-0.05, 0) is 60.9 Å². The molecule has 10 heteroatoms. The second-order valence-electron chi connectivity index (χ2n) is 10.7. The van der Waals surface area contributed by atoms with Gasteiger partial charge in [0, 0.05) is 30.1 Å². The van der Waals surface area contributed by atoms with Gasteiger partial charge in [0.15, 0.2) is 0 Å². The monoisotopic (exact) mass is 649 g/mol. The van der Waals surface area contributed by atoms with Crippen LogP contribution in [0.2, 0.25) is 5.02 Å². The third-order valence-electron chi connectivity index (χ3n) is 7.46. The molecule has 0 aliphatic heterocycles. The van der Waals surface area contributed by atoms with Crippen molar-refractivity contribution in [3.05, 3.63) is 131 Å². The number of para-hydroxylation sites is 1. The average molecular weight is 650 g/mol. The molecule has 0 saturated carbocycles. The number of benzene rings is 4. The first-order valence-electron chi connectivity index (χ1n) is 14.8. The van der Waals surface area contributed by atoms with E-state index in [1.807, 2.05) is 37.3 Å². The molecule has 0 unspecified atom stereocenters. The van der Waals surface area contributed by atoms with E-state index in [0.29, 0.717) is 22.8 Å². The van der Waals surface area contributed by atoms with Crippen molar-refractivity contribution in [1.29, 1.82) is 0 Å². The first kappa shape index (κ1) is 33.7. The van der Waals surface area contributed by atoms with E-state index in [1.165, 1.54) is 35.2 Å². The number of nitrogens with zero attached hydrogens (tertiary/aromatic N) is 2. The first-order chi connectivity index (χ1) is 21.6. The number of sulfonamides is 1. The predicted octanol–water partition coefficient (Wildman–Crippen LogP) is 6.54. The number of unbranched alkanes of at least 4 members (excludes halogenated alkanes) is 1. The minimum Gasteiger partial charge on any atom is -0.354 e. The number of halogens is 2. The molecule has 0 radical (unpaired) electrons. The fourth-order valence-corrected chi connectivity index (χ4v) is 6.57. The van der Waals surface area contributed by atoms with Gasteiger partial charge in [-0.1, -0.05) is 91.7 Å². The molecule has 2 amide bonds. The van der Waals surface area contributed by atoms with E-state index < -0.39 is 40.2 Å². The predicted molar refractivity (Wildman–Crippen MR) is 176 cm³/mol. The first-order valence-corrected chi connectivity index (χ1v) is 16.6. The van der Waals surface area contributed by atoms with Crippen LogP contribution in [0.5, 0.6) is 0 Å². The van der Waals surface area contributed by atoms with Crippen molar-refractivity contribution in [3.8, 4) is 0 Å². The van der Waals surface area contributed by atoms with Gasteiger partial charge in [-0.3, -0.25) is 13.9 Å². The number of aryl methyl sites for hydroxylation is 1. The third-order valence-corrected chi connectivity index (χ3v) is 9.49. The summed E-state index contributed by atoms with van der Waals surface area (Å²) < 4.78 is 44.3. The van der Waals surface area contributed by atoms with E-state index in [2.05, 4.69) is 5.32 Å². The zero-order chi connectivity index (χ0) is 32.4. The Kier molecular flexibility index (Phi) is 11.7. The van der Waals surface area contributed by atoms with Crippen molar-refractivity contribution in [3.63, 3.8) is 0 Å². The average Bonchev–Trinajstić information content (AvgIpc) is 3.03. The van der Waals surface area contributed by atoms with E-state index >= 15 is 4.39 Å². The fraction of sp³-hybridized carbons (Fsp3) is 0.257. The van der Waals surface area contributed by atoms with Gasteiger partial charge >= 0.3 is 0 Å². The number of carbonyl (C=O) groups is 2. The Morgan fingerprint density at radius 3 is 2.20 bits per heavy atom. The molecule has 4 aromatic carbocycles. The molecule has 7 nitrogen and oxygen atoms in total. The highest BCUT2D eigenvalue weighted by Crippen LogP contribution is 2.28. The maximum Gasteiger partial charge on any atom is 0.264 e. The number of carbonyl (C=O) groups excluding carboxylic acids is 2. The van der Waals surface area contributed by atoms with Gasteiger partial charge < -0.3 is 10.2 Å². The molecule has 236 valence electrons. The minimum absolute atomic E-state index is 0.0539. The van der Waals surface area contributed by atoms with Crippen LogP contribution in [0.3, 0.4) is 0 Å². The van der Waals surface area contributed by atoms with Crippen LogP contribution in [-0.2, 0) is 32.6 Å². The maximum absolute atomic E-state index is 15.0. The molecule has 1 N–H and O–H groups in total. The number of rotatable bonds is 14. The highest BCUT2D eigenvalue weighted by molar-refractivity contribution is 7.92. The van der Waals surface area contributed by atoms with Gasteiger partial charge in [0.25, 0.3) is 10.0 Å². The lowest BCUT2D eigenvalue weighted by atomic mass is 10.0. The highest BCUT2D eigenvalue weighted by atomic mass is 35.5. The molecule has 4 aromatic rings. The molecular weight excluding hydrogens is 613 g/mol. The summed E-state index contributed by atoms with van der Waals surface area (Å²) in [5, 5.41) is 3.29. The lowest BCUT2D eigenvalue weighted by Crippen LogP contribution is -2.53. The molecule has 0 fully saturated rings. The van der Waals surface area contributed by atoms with Crippen LogP contribution >= 0.6 is 11.6 Å². The molecular formula is C35H37ClFN3O4S. The van der Waals surface area contributed by atoms with Crippen molar-refractivity contribution in [1.82, 2.24) is 10.2 Å². The smallest absolute Gasteiger partial charge is 0.264 e. The van der Waals surface area contributed by atoms with E-state index in [9.17, 15) is 18.0 Å². The molecule has 1 atom stereocenters. The van der Waals surface area contributed by atoms with Crippen LogP contribution in [0, 0.1) is 12.7 Å². The van der Waals surface area contributed by atoms with Crippen molar-refractivity contribution in [2.45, 2.75) is 50.6 Å². The zero-order valence-electron chi connectivity index (χ0n) is 25.3. The largest absolute Gasteiger partial charge is 0.354 e. The van der Waals surface area contributed by atoms with Crippen LogP contribution in [0.4, 0.5) is 10.1 Å². The molecule has 0 heterocycles. The second-order valence-corrected chi connectivity index (χ2v) is 13.0. The molecule has 4 rings (SSSR count). The van der Waals surface area contributed by atoms with Crippen molar-refractivity contribution in [2.24, 2.45) is 0 Å². The lowest BCUT2D eigenvalue weighted by molar-refractivity contribution is -0.140. The minimum atomic E-state index is -4.27. The van der Waals surface area contributed by atoms with Crippen LogP contribution in [0.15, 0.2) is 108 Å². The molecule has 0 aliphatic rings. The molecule has 0 spiro atoms. The Bertz CT molecular complexity index is 1700. The summed E-state index contributed by atoms with van der Waals surface area (Å²) >= 11 is 6.04. The summed E-state index contributed by atoms with van der Waals surface area (Å²) in [7, 11) is -4.27. The van der Waals surface area contributed by atoms with Crippen molar-refractivity contribution < 1.29 is 22.4 Å². The number of nitrogens with one attached hydrogen (secondary N) is 1. The van der Waals surface area contributed by atoms with E-state index in [4.69, 9.17) is 11.6 Å². The van der Waals surface area contributed by atoms with Crippen LogP contribution in [0.25, 0.3) is 0 Å². The molecule has 0 saturated heterocycles. The molecule has 0 aliphatic carbocycles. The third kappa shape index (κ3) is 8.71. The lowest BCUT2D eigenvalue weighted by Gasteiger charge is -2.34. The topological polar surface area (TPSA) is 86.8 Å². The van der Waals surface area contributed by atoms with Crippen molar-refractivity contribution in [2.75, 3.05) is 17.4 Å². The summed E-state index contributed by atoms with van der Waals surface area (Å²) in [4.78, 5) is 29.4. The van der Waals surface area contributed by atoms with E-state index in [-0.39, 0.29) is 23.4 Å². The van der Waals surface area contributed by atoms with Crippen LogP contribution < -0.4 is 9.62 Å². The van der Waals surface area contributed by atoms with E-state index in [1.54, 1.807) is 49.4 Å². The second kappa shape index (κ2) is 15.7. The Labute approximate surface area is 269 Å². The normalized spacial score (nSPS) is 11.9. The Balaban J connectivity index is 1.80. The summed E-state index contributed by atoms with van der Waals surface area (Å²) in [6.07, 6.45) is 1.74. The number of hydrogen-bond acceptors (Lipinski definition) is 4. The Morgan fingerprint density at radius 2 is 1.53 bits per heavy atom. The summed E-state index contributed by atoms with van der Waals surface area (Å²) in [6.45, 7) is 3.29. The van der Waals surface area contributed by atoms with Crippen LogP contribution in [-0.4, -0.2) is 44.3 Å². The van der Waals surface area contributed by atoms with Crippen molar-refractivity contribution >= 4 is 39.1 Å². The zero-order valence-corrected chi connectivity index (χ0v) is 26.9. The highest BCUT2D eigenvalue weighted by Gasteiger charge is 2.35. The van der Waals surface area contributed by atoms with Gasteiger partial charge in [0.1, 0.15) is 18.4 Å². The van der Waals surface area contributed by atoms with Gasteiger partial charge in [-0.25, -0.2) is 12.8 Å². The number of hydrogen-bond donors (Lipinski definition) is 1. The molecule has 0 bridgehead atoms. The van der Waals surface area contributed by atoms with E-state index in [0.717, 1.165) is 22.7 Å². The number of anilines is 1. The fourth-order valence-electron chi connectivity index (χ4n) is 4.96. The number of amides is 2. The van der Waals surface area contributed by atoms with Gasteiger partial charge in [-0.15, -0.1) is 0 Å². The van der Waals surface area contributed by atoms with Gasteiger partial charge in [0.2, 0.25) is 11.8 Å². The summed E-state index contributed by atoms with van der Waals surface area (Å²) in [5.41, 5.74) is 1.93. The maximum atomic E-state index is 15.0. The SMILES string of the molecule is CCCCNC(=O)[C@H](Cc1ccccc1)N(Cc1ccccc1F)C(=O)CN(c1ccccc1C)S(=O)(=O)c1ccc(Cl)cc1. The van der Waals surface area contributed by atoms with Crippen LogP contribution in [0.1, 0.15) is 36.5 Å². The Hall–Kier alpha value is -4.21. The standard InChI is InChI=1S/C35H37ClFN3O4S/c1-3-4-22-38-35(42)33(23-27-13-6-5-7-14-27)39(24-28-15-9-10-16-31(28)37)34(41)25-40(32-17-11-8-12-26(32)2)45(43,44)30-20-18-29(36)19-21-30/h5-21,33H,3-4,22-25H2,1-2H3,(H,38,42)/t33-/m0/s1. The quantitative estimate of drug-likeness (QED) is 0.157. The molecule has 45 heavy (non-hydrogen) atoms. The van der Waals surface area contributed by atoms with Gasteiger partial charge in [-0.2, -0.15) is 0 Å². The Morgan fingerprint density at radius 1 is 0.889 bits per heavy atom. The van der Waals surface area contributed by atoms with Gasteiger partial charge in [0.05, 0.1) is 10.6 Å².